The van der Waals surface area contributed by atoms with Gasteiger partial charge in [0, 0.05) is 25.5 Å². The maximum atomic E-state index is 11.9. The summed E-state index contributed by atoms with van der Waals surface area (Å²) >= 11 is 0. The van der Waals surface area contributed by atoms with Crippen molar-refractivity contribution in [3.63, 3.8) is 0 Å². The number of carbonyl (C=O) groups is 1. The Balaban J connectivity index is 1.90. The second-order valence-electron chi connectivity index (χ2n) is 3.84. The van der Waals surface area contributed by atoms with E-state index in [0.29, 0.717) is 32.8 Å². The molecule has 0 bridgehead atoms. The molecule has 1 aromatic rings. The van der Waals surface area contributed by atoms with Crippen molar-refractivity contribution in [2.75, 3.05) is 26.3 Å². The zero-order chi connectivity index (χ0) is 11.4. The number of nitrogens with zero attached hydrogens (tertiary/aromatic N) is 2. The van der Waals surface area contributed by atoms with Crippen molar-refractivity contribution in [2.24, 2.45) is 0 Å². The molecule has 2 heterocycles. The molecule has 0 atom stereocenters. The van der Waals surface area contributed by atoms with Gasteiger partial charge < -0.3 is 19.3 Å². The van der Waals surface area contributed by atoms with Crippen LogP contribution in [-0.2, 0) is 22.7 Å². The van der Waals surface area contributed by atoms with Crippen LogP contribution in [0.5, 0.6) is 0 Å². The van der Waals surface area contributed by atoms with Crippen LogP contribution < -0.4 is 0 Å². The second-order valence-corrected chi connectivity index (χ2v) is 3.84. The second kappa shape index (κ2) is 5.14. The molecule has 0 aliphatic carbocycles. The van der Waals surface area contributed by atoms with Crippen LogP contribution in [0.1, 0.15) is 5.56 Å². The Hall–Kier alpha value is -1.33. The highest BCUT2D eigenvalue weighted by Gasteiger charge is 2.16. The van der Waals surface area contributed by atoms with E-state index in [2.05, 4.69) is 0 Å². The molecule has 2 rings (SSSR count). The van der Waals surface area contributed by atoms with Crippen molar-refractivity contribution in [1.82, 2.24) is 9.47 Å². The zero-order valence-electron chi connectivity index (χ0n) is 9.13. The molecular weight excluding hydrogens is 208 g/mol. The topological polar surface area (TPSA) is 54.7 Å². The van der Waals surface area contributed by atoms with Crippen molar-refractivity contribution >= 4 is 5.91 Å². The first-order valence-corrected chi connectivity index (χ1v) is 5.40. The molecule has 1 aromatic heterocycles. The molecule has 1 N–H and O–H groups in total. The van der Waals surface area contributed by atoms with Gasteiger partial charge in [-0.05, 0) is 11.6 Å². The van der Waals surface area contributed by atoms with Crippen LogP contribution >= 0.6 is 0 Å². The molecule has 16 heavy (non-hydrogen) atoms. The number of carbonyl (C=O) groups excluding carboxylic acids is 1. The highest BCUT2D eigenvalue weighted by atomic mass is 16.5. The first kappa shape index (κ1) is 11.2. The normalized spacial score (nSPS) is 16.4. The lowest BCUT2D eigenvalue weighted by atomic mass is 10.4. The predicted molar refractivity (Wildman–Crippen MR) is 57.8 cm³/mol. The van der Waals surface area contributed by atoms with Crippen molar-refractivity contribution in [2.45, 2.75) is 13.2 Å². The molecule has 1 aliphatic heterocycles. The largest absolute Gasteiger partial charge is 0.392 e. The Morgan fingerprint density at radius 1 is 1.44 bits per heavy atom. The zero-order valence-corrected chi connectivity index (χ0v) is 9.13. The van der Waals surface area contributed by atoms with E-state index in [0.717, 1.165) is 5.56 Å². The van der Waals surface area contributed by atoms with Gasteiger partial charge >= 0.3 is 0 Å². The van der Waals surface area contributed by atoms with Gasteiger partial charge in [0.15, 0.2) is 0 Å². The van der Waals surface area contributed by atoms with E-state index in [4.69, 9.17) is 9.84 Å². The van der Waals surface area contributed by atoms with Crippen molar-refractivity contribution in [3.8, 4) is 0 Å². The molecule has 1 saturated heterocycles. The van der Waals surface area contributed by atoms with Gasteiger partial charge in [-0.2, -0.15) is 0 Å². The van der Waals surface area contributed by atoms with Crippen LogP contribution in [0.15, 0.2) is 18.5 Å². The highest BCUT2D eigenvalue weighted by Crippen LogP contribution is 2.03. The van der Waals surface area contributed by atoms with Gasteiger partial charge in [-0.1, -0.05) is 0 Å². The Morgan fingerprint density at radius 2 is 2.19 bits per heavy atom. The van der Waals surface area contributed by atoms with E-state index in [1.54, 1.807) is 10.8 Å². The van der Waals surface area contributed by atoms with Gasteiger partial charge in [0.25, 0.3) is 0 Å². The number of aliphatic hydroxyl groups excluding tert-OH is 1. The lowest BCUT2D eigenvalue weighted by molar-refractivity contribution is -0.135. The Labute approximate surface area is 94.2 Å². The lowest BCUT2D eigenvalue weighted by Crippen LogP contribution is -2.42. The molecule has 1 fully saturated rings. The first-order chi connectivity index (χ1) is 7.79. The molecular formula is C11H16N2O3. The number of ether oxygens (including phenoxy) is 1. The van der Waals surface area contributed by atoms with Crippen LogP contribution in [0.3, 0.4) is 0 Å². The number of aliphatic hydroxyl groups is 1. The third kappa shape index (κ3) is 2.62. The Morgan fingerprint density at radius 3 is 2.81 bits per heavy atom. The summed E-state index contributed by atoms with van der Waals surface area (Å²) in [6.45, 7) is 2.94. The fraction of sp³-hybridized carbons (Fsp3) is 0.545. The summed E-state index contributed by atoms with van der Waals surface area (Å²) in [4.78, 5) is 13.7. The van der Waals surface area contributed by atoms with Crippen LogP contribution in [0.4, 0.5) is 0 Å². The van der Waals surface area contributed by atoms with E-state index in [1.165, 1.54) is 0 Å². The van der Waals surface area contributed by atoms with E-state index >= 15 is 0 Å². The fourth-order valence-corrected chi connectivity index (χ4v) is 1.75. The van der Waals surface area contributed by atoms with Crippen LogP contribution in [0.25, 0.3) is 0 Å². The summed E-state index contributed by atoms with van der Waals surface area (Å²) in [6, 6.07) is 1.81. The summed E-state index contributed by atoms with van der Waals surface area (Å²) in [5.74, 6) is 0.100. The summed E-state index contributed by atoms with van der Waals surface area (Å²) in [5, 5.41) is 8.91. The standard InChI is InChI=1S/C11H16N2O3/c14-9-10-1-2-12(7-10)8-11(15)13-3-5-16-6-4-13/h1-2,7,14H,3-6,8-9H2. The molecule has 0 saturated carbocycles. The first-order valence-electron chi connectivity index (χ1n) is 5.40. The van der Waals surface area contributed by atoms with Gasteiger partial charge in [-0.15, -0.1) is 0 Å². The highest BCUT2D eigenvalue weighted by molar-refractivity contribution is 5.76. The molecule has 1 aliphatic rings. The third-order valence-electron chi connectivity index (χ3n) is 2.68. The third-order valence-corrected chi connectivity index (χ3v) is 2.68. The van der Waals surface area contributed by atoms with Gasteiger partial charge in [0.1, 0.15) is 6.54 Å². The summed E-state index contributed by atoms with van der Waals surface area (Å²) in [7, 11) is 0. The quantitative estimate of drug-likeness (QED) is 0.776. The minimum atomic E-state index is 0.0126. The molecule has 0 unspecified atom stereocenters. The van der Waals surface area contributed by atoms with E-state index in [1.807, 2.05) is 17.2 Å². The van der Waals surface area contributed by atoms with Gasteiger partial charge in [0.05, 0.1) is 19.8 Å². The van der Waals surface area contributed by atoms with Crippen molar-refractivity contribution in [3.05, 3.63) is 24.0 Å². The van der Waals surface area contributed by atoms with Gasteiger partial charge in [-0.25, -0.2) is 0 Å². The smallest absolute Gasteiger partial charge is 0.242 e. The van der Waals surface area contributed by atoms with Crippen LogP contribution in [0.2, 0.25) is 0 Å². The average molecular weight is 224 g/mol. The minimum Gasteiger partial charge on any atom is -0.392 e. The molecule has 0 aromatic carbocycles. The summed E-state index contributed by atoms with van der Waals surface area (Å²) < 4.78 is 6.98. The molecule has 0 spiro atoms. The van der Waals surface area contributed by atoms with E-state index in [9.17, 15) is 4.79 Å². The minimum absolute atomic E-state index is 0.0126. The van der Waals surface area contributed by atoms with Crippen molar-refractivity contribution < 1.29 is 14.6 Å². The van der Waals surface area contributed by atoms with Crippen molar-refractivity contribution in [1.29, 1.82) is 0 Å². The maximum absolute atomic E-state index is 11.9. The molecule has 5 heteroatoms. The maximum Gasteiger partial charge on any atom is 0.242 e. The van der Waals surface area contributed by atoms with E-state index in [-0.39, 0.29) is 12.5 Å². The fourth-order valence-electron chi connectivity index (χ4n) is 1.75. The Bertz CT molecular complexity index is 356. The summed E-state index contributed by atoms with van der Waals surface area (Å²) in [6.07, 6.45) is 3.60. The molecule has 1 amide bonds. The molecule has 5 nitrogen and oxygen atoms in total. The molecule has 0 radical (unpaired) electrons. The SMILES string of the molecule is O=C(Cn1ccc(CO)c1)N1CCOCC1. The molecule has 88 valence electrons. The lowest BCUT2D eigenvalue weighted by Gasteiger charge is -2.26. The number of rotatable bonds is 3. The number of hydrogen-bond donors (Lipinski definition) is 1. The van der Waals surface area contributed by atoms with Gasteiger partial charge in [0.2, 0.25) is 5.91 Å². The monoisotopic (exact) mass is 224 g/mol. The average Bonchev–Trinajstić information content (AvgIpc) is 2.78. The van der Waals surface area contributed by atoms with Crippen LogP contribution in [-0.4, -0.2) is 46.8 Å². The van der Waals surface area contributed by atoms with Crippen LogP contribution in [0, 0.1) is 0 Å². The van der Waals surface area contributed by atoms with Gasteiger partial charge in [-0.3, -0.25) is 4.79 Å². The number of amides is 1. The number of hydrogen-bond acceptors (Lipinski definition) is 3. The Kier molecular flexibility index (Phi) is 3.58. The number of aromatic nitrogens is 1. The summed E-state index contributed by atoms with van der Waals surface area (Å²) in [5.41, 5.74) is 0.828. The number of morpholine rings is 1. The predicted octanol–water partition coefficient (Wildman–Crippen LogP) is -0.161. The van der Waals surface area contributed by atoms with E-state index < -0.39 is 0 Å².